The van der Waals surface area contributed by atoms with Crippen LogP contribution < -0.4 is 5.32 Å². The second-order valence-electron chi connectivity index (χ2n) is 4.26. The monoisotopic (exact) mass is 399 g/mol. The Balaban J connectivity index is 1.94. The van der Waals surface area contributed by atoms with E-state index in [0.29, 0.717) is 18.5 Å². The fourth-order valence-electron chi connectivity index (χ4n) is 1.78. The van der Waals surface area contributed by atoms with Crippen LogP contribution in [0.2, 0.25) is 0 Å². The summed E-state index contributed by atoms with van der Waals surface area (Å²) in [6.45, 7) is 0.460. The zero-order valence-corrected chi connectivity index (χ0v) is 13.7. The molecule has 0 aromatic heterocycles. The van der Waals surface area contributed by atoms with Crippen LogP contribution in [0.4, 0.5) is 4.39 Å². The molecule has 0 heterocycles. The number of carbonyl (C=O) groups excluding carboxylic acids is 1. The summed E-state index contributed by atoms with van der Waals surface area (Å²) in [5, 5.41) is 2.82. The van der Waals surface area contributed by atoms with E-state index in [1.54, 1.807) is 12.1 Å². The van der Waals surface area contributed by atoms with Crippen molar-refractivity contribution in [2.75, 3.05) is 6.54 Å². The Labute approximate surface area is 133 Å². The highest BCUT2D eigenvalue weighted by Crippen LogP contribution is 2.21. The molecule has 20 heavy (non-hydrogen) atoms. The van der Waals surface area contributed by atoms with E-state index >= 15 is 0 Å². The Hall–Kier alpha value is -1.20. The molecule has 0 radical (unpaired) electrons. The van der Waals surface area contributed by atoms with Crippen molar-refractivity contribution >= 4 is 37.8 Å². The summed E-state index contributed by atoms with van der Waals surface area (Å²) in [7, 11) is 0. The first-order valence-electron chi connectivity index (χ1n) is 6.04. The van der Waals surface area contributed by atoms with Gasteiger partial charge in [-0.15, -0.1) is 0 Å². The van der Waals surface area contributed by atoms with E-state index in [0.717, 1.165) is 14.5 Å². The zero-order chi connectivity index (χ0) is 14.5. The van der Waals surface area contributed by atoms with Crippen LogP contribution in [0.25, 0.3) is 0 Å². The van der Waals surface area contributed by atoms with Crippen molar-refractivity contribution in [1.29, 1.82) is 0 Å². The minimum atomic E-state index is -0.261. The lowest BCUT2D eigenvalue weighted by molar-refractivity contribution is 0.0953. The number of carbonyl (C=O) groups is 1. The van der Waals surface area contributed by atoms with Gasteiger partial charge >= 0.3 is 0 Å². The molecular weight excluding hydrogens is 389 g/mol. The highest BCUT2D eigenvalue weighted by atomic mass is 79.9. The fourth-order valence-corrected chi connectivity index (χ4v) is 2.57. The molecule has 0 aliphatic heterocycles. The van der Waals surface area contributed by atoms with Crippen LogP contribution >= 0.6 is 31.9 Å². The minimum Gasteiger partial charge on any atom is -0.352 e. The van der Waals surface area contributed by atoms with Crippen molar-refractivity contribution in [3.63, 3.8) is 0 Å². The number of hydrogen-bond acceptors (Lipinski definition) is 1. The van der Waals surface area contributed by atoms with Crippen LogP contribution in [-0.2, 0) is 6.42 Å². The van der Waals surface area contributed by atoms with Gasteiger partial charge in [0.2, 0.25) is 0 Å². The van der Waals surface area contributed by atoms with Crippen molar-refractivity contribution in [3.05, 3.63) is 68.4 Å². The fraction of sp³-hybridized carbons (Fsp3) is 0.133. The summed E-state index contributed by atoms with van der Waals surface area (Å²) in [6.07, 6.45) is 0.592. The number of hydrogen-bond donors (Lipinski definition) is 1. The van der Waals surface area contributed by atoms with Crippen LogP contribution in [0.5, 0.6) is 0 Å². The summed E-state index contributed by atoms with van der Waals surface area (Å²) < 4.78 is 14.6. The highest BCUT2D eigenvalue weighted by molar-refractivity contribution is 9.11. The minimum absolute atomic E-state index is 0.158. The molecule has 0 aliphatic carbocycles. The van der Waals surface area contributed by atoms with Gasteiger partial charge in [-0.2, -0.15) is 0 Å². The Morgan fingerprint density at radius 2 is 1.95 bits per heavy atom. The van der Waals surface area contributed by atoms with Gasteiger partial charge in [0, 0.05) is 15.5 Å². The van der Waals surface area contributed by atoms with Crippen molar-refractivity contribution < 1.29 is 9.18 Å². The van der Waals surface area contributed by atoms with Gasteiger partial charge in [0.15, 0.2) is 0 Å². The summed E-state index contributed by atoms with van der Waals surface area (Å²) in [5.41, 5.74) is 1.43. The number of amides is 1. The number of benzene rings is 2. The average Bonchev–Trinajstić information content (AvgIpc) is 2.41. The Bertz CT molecular complexity index is 631. The molecule has 0 unspecified atom stereocenters. The maximum absolute atomic E-state index is 13.0. The first kappa shape index (κ1) is 15.2. The maximum atomic E-state index is 13.0. The maximum Gasteiger partial charge on any atom is 0.252 e. The third-order valence-corrected chi connectivity index (χ3v) is 3.95. The summed E-state index contributed by atoms with van der Waals surface area (Å²) >= 11 is 6.68. The van der Waals surface area contributed by atoms with Crippen molar-refractivity contribution in [2.24, 2.45) is 0 Å². The molecule has 0 bridgehead atoms. The standard InChI is InChI=1S/C15H12Br2FNO/c16-11-4-5-14(17)13(9-11)15(20)19-7-6-10-2-1-3-12(18)8-10/h1-5,8-9H,6-7H2,(H,19,20). The van der Waals surface area contributed by atoms with Crippen molar-refractivity contribution in [1.82, 2.24) is 5.32 Å². The lowest BCUT2D eigenvalue weighted by atomic mass is 10.1. The van der Waals surface area contributed by atoms with Gasteiger partial charge in [-0.25, -0.2) is 4.39 Å². The van der Waals surface area contributed by atoms with Crippen molar-refractivity contribution in [3.8, 4) is 0 Å². The molecule has 2 nitrogen and oxygen atoms in total. The second kappa shape index (κ2) is 6.99. The van der Waals surface area contributed by atoms with E-state index in [-0.39, 0.29) is 11.7 Å². The Morgan fingerprint density at radius 3 is 2.70 bits per heavy atom. The van der Waals surface area contributed by atoms with Gasteiger partial charge in [0.05, 0.1) is 5.56 Å². The van der Waals surface area contributed by atoms with E-state index in [1.807, 2.05) is 18.2 Å². The smallest absolute Gasteiger partial charge is 0.252 e. The lowest BCUT2D eigenvalue weighted by Gasteiger charge is -2.07. The van der Waals surface area contributed by atoms with Crippen molar-refractivity contribution in [2.45, 2.75) is 6.42 Å². The molecule has 0 saturated heterocycles. The molecule has 5 heteroatoms. The predicted molar refractivity (Wildman–Crippen MR) is 84.3 cm³/mol. The SMILES string of the molecule is O=C(NCCc1cccc(F)c1)c1cc(Br)ccc1Br. The molecule has 0 fully saturated rings. The Morgan fingerprint density at radius 1 is 1.15 bits per heavy atom. The molecule has 2 aromatic rings. The molecule has 0 spiro atoms. The van der Waals surface area contributed by atoms with Gasteiger partial charge in [0.25, 0.3) is 5.91 Å². The first-order chi connectivity index (χ1) is 9.56. The molecule has 0 aliphatic rings. The summed E-state index contributed by atoms with van der Waals surface area (Å²) in [5.74, 6) is -0.418. The topological polar surface area (TPSA) is 29.1 Å². The van der Waals surface area contributed by atoms with E-state index in [9.17, 15) is 9.18 Å². The normalized spacial score (nSPS) is 10.3. The molecule has 1 amide bonds. The molecule has 2 aromatic carbocycles. The van der Waals surface area contributed by atoms with Crippen LogP contribution in [0.3, 0.4) is 0 Å². The highest BCUT2D eigenvalue weighted by Gasteiger charge is 2.09. The largest absolute Gasteiger partial charge is 0.352 e. The van der Waals surface area contributed by atoms with E-state index in [4.69, 9.17) is 0 Å². The third kappa shape index (κ3) is 4.15. The van der Waals surface area contributed by atoms with Crippen LogP contribution in [0.1, 0.15) is 15.9 Å². The van der Waals surface area contributed by atoms with Gasteiger partial charge in [-0.1, -0.05) is 28.1 Å². The number of rotatable bonds is 4. The average molecular weight is 401 g/mol. The third-order valence-electron chi connectivity index (χ3n) is 2.76. The van der Waals surface area contributed by atoms with Gasteiger partial charge in [0.1, 0.15) is 5.82 Å². The predicted octanol–water partition coefficient (Wildman–Crippen LogP) is 4.32. The molecule has 1 N–H and O–H groups in total. The van der Waals surface area contributed by atoms with E-state index in [2.05, 4.69) is 37.2 Å². The summed E-state index contributed by atoms with van der Waals surface area (Å²) in [6, 6.07) is 11.8. The Kier molecular flexibility index (Phi) is 5.31. The van der Waals surface area contributed by atoms with Crippen LogP contribution in [-0.4, -0.2) is 12.5 Å². The van der Waals surface area contributed by atoms with Crippen LogP contribution in [0.15, 0.2) is 51.4 Å². The summed E-state index contributed by atoms with van der Waals surface area (Å²) in [4.78, 5) is 12.0. The van der Waals surface area contributed by atoms with Gasteiger partial charge in [-0.3, -0.25) is 4.79 Å². The lowest BCUT2D eigenvalue weighted by Crippen LogP contribution is -2.26. The molecule has 2 rings (SSSR count). The molecular formula is C15H12Br2FNO. The number of halogens is 3. The van der Waals surface area contributed by atoms with Gasteiger partial charge < -0.3 is 5.32 Å². The number of nitrogens with one attached hydrogen (secondary N) is 1. The van der Waals surface area contributed by atoms with E-state index in [1.165, 1.54) is 12.1 Å². The van der Waals surface area contributed by atoms with E-state index < -0.39 is 0 Å². The van der Waals surface area contributed by atoms with Crippen LogP contribution in [0, 0.1) is 5.82 Å². The molecule has 0 saturated carbocycles. The van der Waals surface area contributed by atoms with Gasteiger partial charge in [-0.05, 0) is 58.2 Å². The quantitative estimate of drug-likeness (QED) is 0.813. The second-order valence-corrected chi connectivity index (χ2v) is 6.03. The zero-order valence-electron chi connectivity index (χ0n) is 10.5. The molecule has 0 atom stereocenters. The molecule has 104 valence electrons. The first-order valence-corrected chi connectivity index (χ1v) is 7.62.